The average molecular weight is 164 g/mol. The molecule has 0 saturated carbocycles. The molecule has 10 heavy (non-hydrogen) atoms. The third-order valence-electron chi connectivity index (χ3n) is 1.65. The van der Waals surface area contributed by atoms with Crippen molar-refractivity contribution in [3.05, 3.63) is 0 Å². The first kappa shape index (κ1) is 10.1. The van der Waals surface area contributed by atoms with Crippen LogP contribution in [0, 0.1) is 0 Å². The minimum atomic E-state index is -2.53. The molecule has 0 spiro atoms. The molecule has 5 heteroatoms. The summed E-state index contributed by atoms with van der Waals surface area (Å²) in [7, 11) is -2.53. The van der Waals surface area contributed by atoms with E-state index in [0.717, 1.165) is 0 Å². The zero-order valence-electron chi connectivity index (χ0n) is 6.20. The molecular weight excluding hydrogens is 148 g/mol. The number of hydrogen-bond donors (Lipinski definition) is 4. The molecule has 2 atom stereocenters. The molecule has 0 aromatic heterocycles. The Bertz CT molecular complexity index is 91.7. The molecule has 0 aliphatic heterocycles. The Morgan fingerprint density at radius 2 is 2.00 bits per heavy atom. The first-order valence-electron chi connectivity index (χ1n) is 3.41. The van der Waals surface area contributed by atoms with Crippen LogP contribution in [0.3, 0.4) is 0 Å². The molecule has 4 nitrogen and oxygen atoms in total. The molecule has 62 valence electrons. The van der Waals surface area contributed by atoms with Crippen LogP contribution >= 0.6 is 0 Å². The van der Waals surface area contributed by atoms with Gasteiger partial charge in [-0.3, -0.25) is 0 Å². The van der Waals surface area contributed by atoms with Crippen LogP contribution in [-0.4, -0.2) is 31.5 Å². The van der Waals surface area contributed by atoms with Gasteiger partial charge in [-0.2, -0.15) is 0 Å². The normalized spacial score (nSPS) is 17.4. The van der Waals surface area contributed by atoms with Crippen LogP contribution in [0.25, 0.3) is 0 Å². The summed E-state index contributed by atoms with van der Waals surface area (Å²) in [4.78, 5) is 17.6. The van der Waals surface area contributed by atoms with Crippen molar-refractivity contribution in [3.8, 4) is 0 Å². The van der Waals surface area contributed by atoms with Crippen LogP contribution < -0.4 is 11.5 Å². The van der Waals surface area contributed by atoms with Crippen LogP contribution in [0.4, 0.5) is 0 Å². The van der Waals surface area contributed by atoms with Gasteiger partial charge in [-0.05, 0) is 13.0 Å². The second-order valence-electron chi connectivity index (χ2n) is 2.51. The SMILES string of the molecule is CC(C(N)CCN)[SiH](O)O. The Morgan fingerprint density at radius 3 is 2.30 bits per heavy atom. The highest BCUT2D eigenvalue weighted by Crippen LogP contribution is 2.11. The maximum atomic E-state index is 8.79. The molecule has 0 rings (SSSR count). The number of rotatable bonds is 4. The minimum Gasteiger partial charge on any atom is -0.413 e. The van der Waals surface area contributed by atoms with Crippen molar-refractivity contribution in [2.24, 2.45) is 11.5 Å². The van der Waals surface area contributed by atoms with Crippen molar-refractivity contribution in [1.82, 2.24) is 0 Å². The van der Waals surface area contributed by atoms with Crippen molar-refractivity contribution >= 4 is 9.28 Å². The predicted molar refractivity (Wildman–Crippen MR) is 42.7 cm³/mol. The van der Waals surface area contributed by atoms with E-state index in [1.54, 1.807) is 6.92 Å². The molecule has 0 bridgehead atoms. The van der Waals surface area contributed by atoms with Crippen LogP contribution in [0.5, 0.6) is 0 Å². The van der Waals surface area contributed by atoms with Crippen molar-refractivity contribution in [2.45, 2.75) is 24.9 Å². The zero-order valence-corrected chi connectivity index (χ0v) is 7.35. The van der Waals surface area contributed by atoms with Gasteiger partial charge in [-0.15, -0.1) is 0 Å². The van der Waals surface area contributed by atoms with Gasteiger partial charge in [-0.1, -0.05) is 6.92 Å². The van der Waals surface area contributed by atoms with Crippen molar-refractivity contribution in [2.75, 3.05) is 6.54 Å². The second kappa shape index (κ2) is 4.81. The van der Waals surface area contributed by atoms with Gasteiger partial charge in [0.2, 0.25) is 0 Å². The summed E-state index contributed by atoms with van der Waals surface area (Å²) in [5, 5.41) is 0. The summed E-state index contributed by atoms with van der Waals surface area (Å²) >= 11 is 0. The standard InChI is InChI=1S/C5H16N2O2Si/c1-4(10(8)9)5(7)2-3-6/h4-5,8-10H,2-3,6-7H2,1H3. The van der Waals surface area contributed by atoms with E-state index < -0.39 is 9.28 Å². The van der Waals surface area contributed by atoms with E-state index in [1.807, 2.05) is 0 Å². The lowest BCUT2D eigenvalue weighted by Crippen LogP contribution is -2.36. The molecule has 0 aromatic carbocycles. The molecule has 0 aliphatic rings. The molecule has 0 aliphatic carbocycles. The highest BCUT2D eigenvalue weighted by Gasteiger charge is 2.20. The lowest BCUT2D eigenvalue weighted by Gasteiger charge is -2.18. The summed E-state index contributed by atoms with van der Waals surface area (Å²) in [6.07, 6.45) is 0.659. The Kier molecular flexibility index (Phi) is 4.84. The number of hydrogen-bond acceptors (Lipinski definition) is 4. The molecule has 0 radical (unpaired) electrons. The quantitative estimate of drug-likeness (QED) is 0.371. The average Bonchev–Trinajstić information content (AvgIpc) is 1.87. The summed E-state index contributed by atoms with van der Waals surface area (Å²) in [5.74, 6) is 0. The Labute approximate surface area is 62.7 Å². The molecule has 0 amide bonds. The topological polar surface area (TPSA) is 92.5 Å². The highest BCUT2D eigenvalue weighted by molar-refractivity contribution is 6.43. The van der Waals surface area contributed by atoms with E-state index in [9.17, 15) is 0 Å². The van der Waals surface area contributed by atoms with E-state index in [-0.39, 0.29) is 11.6 Å². The molecule has 0 saturated heterocycles. The van der Waals surface area contributed by atoms with Gasteiger partial charge in [-0.25, -0.2) is 0 Å². The molecule has 0 aromatic rings. The van der Waals surface area contributed by atoms with Gasteiger partial charge in [0.15, 0.2) is 0 Å². The maximum absolute atomic E-state index is 8.79. The van der Waals surface area contributed by atoms with Crippen molar-refractivity contribution < 1.29 is 9.59 Å². The third kappa shape index (κ3) is 3.28. The van der Waals surface area contributed by atoms with E-state index >= 15 is 0 Å². The highest BCUT2D eigenvalue weighted by atomic mass is 28.3. The summed E-state index contributed by atoms with van der Waals surface area (Å²) < 4.78 is 0. The summed E-state index contributed by atoms with van der Waals surface area (Å²) in [6.45, 7) is 2.25. The largest absolute Gasteiger partial charge is 0.413 e. The van der Waals surface area contributed by atoms with Gasteiger partial charge in [0.05, 0.1) is 0 Å². The predicted octanol–water partition coefficient (Wildman–Crippen LogP) is -1.74. The fraction of sp³-hybridized carbons (Fsp3) is 1.00. The first-order chi connectivity index (χ1) is 4.59. The number of nitrogens with two attached hydrogens (primary N) is 2. The Balaban J connectivity index is 3.58. The van der Waals surface area contributed by atoms with E-state index in [0.29, 0.717) is 13.0 Å². The molecule has 0 fully saturated rings. The lowest BCUT2D eigenvalue weighted by atomic mass is 10.2. The van der Waals surface area contributed by atoms with Crippen molar-refractivity contribution in [3.63, 3.8) is 0 Å². The zero-order chi connectivity index (χ0) is 8.15. The van der Waals surface area contributed by atoms with Crippen LogP contribution in [-0.2, 0) is 0 Å². The van der Waals surface area contributed by atoms with E-state index in [1.165, 1.54) is 0 Å². The van der Waals surface area contributed by atoms with Gasteiger partial charge >= 0.3 is 9.28 Å². The van der Waals surface area contributed by atoms with Crippen molar-refractivity contribution in [1.29, 1.82) is 0 Å². The minimum absolute atomic E-state index is 0.156. The van der Waals surface area contributed by atoms with E-state index in [4.69, 9.17) is 21.1 Å². The molecule has 0 heterocycles. The van der Waals surface area contributed by atoms with Gasteiger partial charge in [0.1, 0.15) is 0 Å². The second-order valence-corrected chi connectivity index (χ2v) is 4.39. The smallest absolute Gasteiger partial charge is 0.320 e. The Hall–Kier alpha value is 0.0569. The monoisotopic (exact) mass is 164 g/mol. The van der Waals surface area contributed by atoms with Crippen LogP contribution in [0.1, 0.15) is 13.3 Å². The third-order valence-corrected chi connectivity index (χ3v) is 3.08. The Morgan fingerprint density at radius 1 is 1.50 bits per heavy atom. The molecule has 6 N–H and O–H groups in total. The van der Waals surface area contributed by atoms with Gasteiger partial charge in [0.25, 0.3) is 0 Å². The van der Waals surface area contributed by atoms with Crippen LogP contribution in [0.2, 0.25) is 5.54 Å². The summed E-state index contributed by atoms with van der Waals surface area (Å²) in [6, 6.07) is -0.156. The van der Waals surface area contributed by atoms with Crippen LogP contribution in [0.15, 0.2) is 0 Å². The molecular formula is C5H16N2O2Si. The fourth-order valence-corrected chi connectivity index (χ4v) is 1.31. The lowest BCUT2D eigenvalue weighted by molar-refractivity contribution is 0.371. The molecule has 2 unspecified atom stereocenters. The van der Waals surface area contributed by atoms with Gasteiger partial charge < -0.3 is 21.1 Å². The summed E-state index contributed by atoms with van der Waals surface area (Å²) in [5.41, 5.74) is 10.6. The first-order valence-corrected chi connectivity index (χ1v) is 5.11. The fourth-order valence-electron chi connectivity index (χ4n) is 0.676. The van der Waals surface area contributed by atoms with Gasteiger partial charge in [0, 0.05) is 11.6 Å². The van der Waals surface area contributed by atoms with E-state index in [2.05, 4.69) is 0 Å². The maximum Gasteiger partial charge on any atom is 0.320 e.